The number of rotatable bonds is 5. The SMILES string of the molecule is CCOC(=O)[C@]1(C(=O)c2ccc(Br)cc2)CC1OC(C)=O. The van der Waals surface area contributed by atoms with E-state index in [1.807, 2.05) is 0 Å². The Morgan fingerprint density at radius 2 is 1.90 bits per heavy atom. The molecule has 2 rings (SSSR count). The fourth-order valence-corrected chi connectivity index (χ4v) is 2.51. The largest absolute Gasteiger partial charge is 0.465 e. The van der Waals surface area contributed by atoms with Gasteiger partial charge in [-0.2, -0.15) is 0 Å². The van der Waals surface area contributed by atoms with Crippen molar-refractivity contribution in [3.05, 3.63) is 34.3 Å². The summed E-state index contributed by atoms with van der Waals surface area (Å²) in [6.07, 6.45) is -0.578. The molecule has 0 N–H and O–H groups in total. The Balaban J connectivity index is 2.29. The van der Waals surface area contributed by atoms with Crippen LogP contribution in [-0.4, -0.2) is 30.4 Å². The lowest BCUT2D eigenvalue weighted by Crippen LogP contribution is -2.32. The topological polar surface area (TPSA) is 69.7 Å². The van der Waals surface area contributed by atoms with Gasteiger partial charge in [0.1, 0.15) is 6.10 Å². The first-order valence-electron chi connectivity index (χ1n) is 6.56. The molecule has 1 saturated carbocycles. The molecular formula is C15H15BrO5. The lowest BCUT2D eigenvalue weighted by molar-refractivity contribution is -0.151. The summed E-state index contributed by atoms with van der Waals surface area (Å²) in [6.45, 7) is 3.08. The summed E-state index contributed by atoms with van der Waals surface area (Å²) < 4.78 is 10.9. The number of halogens is 1. The van der Waals surface area contributed by atoms with Gasteiger partial charge in [0.2, 0.25) is 0 Å². The van der Waals surface area contributed by atoms with Crippen LogP contribution in [0.5, 0.6) is 0 Å². The molecule has 1 aromatic rings. The van der Waals surface area contributed by atoms with Crippen LogP contribution in [0, 0.1) is 5.41 Å². The summed E-state index contributed by atoms with van der Waals surface area (Å²) in [4.78, 5) is 35.9. The van der Waals surface area contributed by atoms with Gasteiger partial charge in [-0.05, 0) is 19.1 Å². The summed E-state index contributed by atoms with van der Waals surface area (Å²) >= 11 is 3.29. The molecule has 6 heteroatoms. The van der Waals surface area contributed by atoms with Gasteiger partial charge in [-0.1, -0.05) is 28.1 Å². The number of hydrogen-bond donors (Lipinski definition) is 0. The Kier molecular flexibility index (Phi) is 4.46. The van der Waals surface area contributed by atoms with E-state index in [-0.39, 0.29) is 18.8 Å². The number of hydrogen-bond acceptors (Lipinski definition) is 5. The van der Waals surface area contributed by atoms with Crippen LogP contribution in [0.3, 0.4) is 0 Å². The van der Waals surface area contributed by atoms with E-state index >= 15 is 0 Å². The second-order valence-electron chi connectivity index (χ2n) is 4.83. The minimum Gasteiger partial charge on any atom is -0.465 e. The van der Waals surface area contributed by atoms with E-state index in [0.29, 0.717) is 5.56 Å². The van der Waals surface area contributed by atoms with Crippen LogP contribution in [0.1, 0.15) is 30.6 Å². The molecule has 0 aliphatic heterocycles. The minimum absolute atomic E-state index is 0.167. The van der Waals surface area contributed by atoms with Gasteiger partial charge in [-0.15, -0.1) is 0 Å². The van der Waals surface area contributed by atoms with Gasteiger partial charge in [0.15, 0.2) is 11.2 Å². The predicted molar refractivity (Wildman–Crippen MR) is 77.7 cm³/mol. The van der Waals surface area contributed by atoms with Crippen molar-refractivity contribution in [3.8, 4) is 0 Å². The Labute approximate surface area is 130 Å². The van der Waals surface area contributed by atoms with Crippen molar-refractivity contribution in [1.82, 2.24) is 0 Å². The Hall–Kier alpha value is -1.69. The molecule has 0 spiro atoms. The van der Waals surface area contributed by atoms with Crippen molar-refractivity contribution in [1.29, 1.82) is 0 Å². The van der Waals surface area contributed by atoms with E-state index in [2.05, 4.69) is 15.9 Å². The smallest absolute Gasteiger partial charge is 0.324 e. The Morgan fingerprint density at radius 3 is 2.43 bits per heavy atom. The maximum Gasteiger partial charge on any atom is 0.324 e. The molecule has 0 saturated heterocycles. The van der Waals surface area contributed by atoms with Gasteiger partial charge in [0, 0.05) is 23.4 Å². The zero-order valence-corrected chi connectivity index (χ0v) is 13.3. The van der Waals surface area contributed by atoms with Crippen LogP contribution in [0.15, 0.2) is 28.7 Å². The van der Waals surface area contributed by atoms with E-state index in [0.717, 1.165) is 4.47 Å². The summed E-state index contributed by atoms with van der Waals surface area (Å²) in [5, 5.41) is 0. The molecule has 1 fully saturated rings. The number of benzene rings is 1. The van der Waals surface area contributed by atoms with Crippen LogP contribution < -0.4 is 0 Å². The lowest BCUT2D eigenvalue weighted by Gasteiger charge is -2.14. The van der Waals surface area contributed by atoms with E-state index in [1.54, 1.807) is 31.2 Å². The average Bonchev–Trinajstić information content (AvgIpc) is 3.13. The average molecular weight is 355 g/mol. The van der Waals surface area contributed by atoms with Crippen molar-refractivity contribution in [2.75, 3.05) is 6.61 Å². The monoisotopic (exact) mass is 354 g/mol. The highest BCUT2D eigenvalue weighted by Gasteiger charge is 2.69. The van der Waals surface area contributed by atoms with Crippen molar-refractivity contribution in [3.63, 3.8) is 0 Å². The van der Waals surface area contributed by atoms with Crippen molar-refractivity contribution < 1.29 is 23.9 Å². The zero-order chi connectivity index (χ0) is 15.6. The lowest BCUT2D eigenvalue weighted by atomic mass is 9.94. The van der Waals surface area contributed by atoms with Crippen molar-refractivity contribution >= 4 is 33.7 Å². The third-order valence-electron chi connectivity index (χ3n) is 3.36. The quantitative estimate of drug-likeness (QED) is 0.461. The van der Waals surface area contributed by atoms with E-state index in [9.17, 15) is 14.4 Å². The molecule has 1 aliphatic rings. The van der Waals surface area contributed by atoms with Gasteiger partial charge >= 0.3 is 11.9 Å². The van der Waals surface area contributed by atoms with Crippen LogP contribution in [0.2, 0.25) is 0 Å². The first-order valence-corrected chi connectivity index (χ1v) is 7.36. The standard InChI is InChI=1S/C15H15BrO5/c1-3-20-14(19)15(8-12(15)21-9(2)17)13(18)10-4-6-11(16)7-5-10/h4-7,12H,3,8H2,1-2H3/t12?,15-/m1/s1. The molecule has 1 aliphatic carbocycles. The third-order valence-corrected chi connectivity index (χ3v) is 3.89. The Bertz CT molecular complexity index is 580. The summed E-state index contributed by atoms with van der Waals surface area (Å²) in [7, 11) is 0. The fourth-order valence-electron chi connectivity index (χ4n) is 2.24. The third kappa shape index (κ3) is 3.00. The molecular weight excluding hydrogens is 340 g/mol. The van der Waals surface area contributed by atoms with E-state index < -0.39 is 23.5 Å². The van der Waals surface area contributed by atoms with E-state index in [1.165, 1.54) is 6.92 Å². The highest BCUT2D eigenvalue weighted by Crippen LogP contribution is 2.52. The molecule has 0 radical (unpaired) electrons. The Morgan fingerprint density at radius 1 is 1.29 bits per heavy atom. The molecule has 0 heterocycles. The summed E-state index contributed by atoms with van der Waals surface area (Å²) in [6, 6.07) is 6.68. The van der Waals surface area contributed by atoms with Crippen LogP contribution in [0.25, 0.3) is 0 Å². The van der Waals surface area contributed by atoms with E-state index in [4.69, 9.17) is 9.47 Å². The second-order valence-corrected chi connectivity index (χ2v) is 5.75. The van der Waals surface area contributed by atoms with Crippen LogP contribution in [-0.2, 0) is 19.1 Å². The molecule has 1 aromatic carbocycles. The highest BCUT2D eigenvalue weighted by atomic mass is 79.9. The molecule has 5 nitrogen and oxygen atoms in total. The molecule has 0 bridgehead atoms. The number of carbonyl (C=O) groups is 3. The highest BCUT2D eigenvalue weighted by molar-refractivity contribution is 9.10. The van der Waals surface area contributed by atoms with Gasteiger partial charge in [0.25, 0.3) is 0 Å². The molecule has 21 heavy (non-hydrogen) atoms. The summed E-state index contributed by atoms with van der Waals surface area (Å²) in [5.74, 6) is -1.53. The maximum absolute atomic E-state index is 12.6. The number of ketones is 1. The van der Waals surface area contributed by atoms with Gasteiger partial charge in [-0.25, -0.2) is 0 Å². The van der Waals surface area contributed by atoms with Crippen molar-refractivity contribution in [2.24, 2.45) is 5.41 Å². The number of carbonyl (C=O) groups excluding carboxylic acids is 3. The van der Waals surface area contributed by atoms with Crippen LogP contribution in [0.4, 0.5) is 0 Å². The molecule has 0 amide bonds. The fraction of sp³-hybridized carbons (Fsp3) is 0.400. The number of esters is 2. The number of Topliss-reactive ketones (excluding diaryl/α,β-unsaturated/α-hetero) is 1. The van der Waals surface area contributed by atoms with Crippen LogP contribution >= 0.6 is 15.9 Å². The first kappa shape index (κ1) is 15.7. The molecule has 1 unspecified atom stereocenters. The second kappa shape index (κ2) is 5.97. The minimum atomic E-state index is -1.39. The van der Waals surface area contributed by atoms with Gasteiger partial charge in [0.05, 0.1) is 6.61 Å². The predicted octanol–water partition coefficient (Wildman–Crippen LogP) is 2.52. The first-order chi connectivity index (χ1) is 9.91. The molecule has 112 valence electrons. The number of ether oxygens (including phenoxy) is 2. The maximum atomic E-state index is 12.6. The van der Waals surface area contributed by atoms with Gasteiger partial charge in [-0.3, -0.25) is 14.4 Å². The summed E-state index contributed by atoms with van der Waals surface area (Å²) in [5.41, 5.74) is -1.00. The molecule has 2 atom stereocenters. The zero-order valence-electron chi connectivity index (χ0n) is 11.7. The van der Waals surface area contributed by atoms with Crippen molar-refractivity contribution in [2.45, 2.75) is 26.4 Å². The van der Waals surface area contributed by atoms with Gasteiger partial charge < -0.3 is 9.47 Å². The molecule has 0 aromatic heterocycles. The normalized spacial score (nSPS) is 23.3.